The third kappa shape index (κ3) is 3.65. The van der Waals surface area contributed by atoms with Crippen LogP contribution in [0.25, 0.3) is 11.5 Å². The molecule has 0 aliphatic rings. The van der Waals surface area contributed by atoms with Crippen LogP contribution in [0.3, 0.4) is 0 Å². The van der Waals surface area contributed by atoms with E-state index in [1.807, 2.05) is 37.3 Å². The van der Waals surface area contributed by atoms with Crippen LogP contribution >= 0.6 is 11.8 Å². The molecule has 0 aliphatic heterocycles. The van der Waals surface area contributed by atoms with Crippen molar-refractivity contribution < 1.29 is 13.9 Å². The minimum absolute atomic E-state index is 0.00196. The highest BCUT2D eigenvalue weighted by molar-refractivity contribution is 8.00. The monoisotopic (exact) mass is 340 g/mol. The van der Waals surface area contributed by atoms with Gasteiger partial charge in [-0.2, -0.15) is 0 Å². The van der Waals surface area contributed by atoms with Gasteiger partial charge in [-0.1, -0.05) is 30.0 Å². The van der Waals surface area contributed by atoms with Gasteiger partial charge >= 0.3 is 0 Å². The summed E-state index contributed by atoms with van der Waals surface area (Å²) in [5.41, 5.74) is 1.48. The molecule has 2 aromatic carbocycles. The quantitative estimate of drug-likeness (QED) is 0.497. The molecular formula is C18H16N2O3S. The second kappa shape index (κ2) is 7.31. The number of aromatic nitrogens is 2. The minimum Gasteiger partial charge on any atom is -0.497 e. The maximum absolute atomic E-state index is 12.5. The summed E-state index contributed by atoms with van der Waals surface area (Å²) in [4.78, 5) is 12.5. The van der Waals surface area contributed by atoms with Crippen LogP contribution in [0.1, 0.15) is 17.3 Å². The summed E-state index contributed by atoms with van der Waals surface area (Å²) in [5.74, 6) is 1.17. The number of hydrogen-bond donors (Lipinski definition) is 0. The summed E-state index contributed by atoms with van der Waals surface area (Å²) in [6.07, 6.45) is 0. The van der Waals surface area contributed by atoms with Gasteiger partial charge in [0.2, 0.25) is 5.89 Å². The highest BCUT2D eigenvalue weighted by Gasteiger charge is 2.20. The minimum atomic E-state index is -0.331. The fraction of sp³-hybridized carbons (Fsp3) is 0.167. The van der Waals surface area contributed by atoms with E-state index in [2.05, 4.69) is 10.2 Å². The fourth-order valence-corrected chi connectivity index (χ4v) is 2.91. The van der Waals surface area contributed by atoms with Crippen molar-refractivity contribution in [2.75, 3.05) is 7.11 Å². The number of ketones is 1. The van der Waals surface area contributed by atoms with Crippen LogP contribution in [-0.2, 0) is 0 Å². The van der Waals surface area contributed by atoms with Crippen LogP contribution in [0, 0.1) is 0 Å². The Bertz CT molecular complexity index is 816. The predicted octanol–water partition coefficient (Wildman–Crippen LogP) is 4.11. The molecule has 3 aromatic rings. The van der Waals surface area contributed by atoms with Crippen molar-refractivity contribution in [2.45, 2.75) is 17.4 Å². The molecule has 0 bridgehead atoms. The summed E-state index contributed by atoms with van der Waals surface area (Å²) < 4.78 is 10.7. The lowest BCUT2D eigenvalue weighted by molar-refractivity contribution is 0.0993. The van der Waals surface area contributed by atoms with E-state index in [1.165, 1.54) is 11.8 Å². The molecule has 1 atom stereocenters. The van der Waals surface area contributed by atoms with Gasteiger partial charge in [-0.05, 0) is 43.3 Å². The number of carbonyl (C=O) groups is 1. The molecule has 0 saturated heterocycles. The van der Waals surface area contributed by atoms with Gasteiger partial charge in [0.1, 0.15) is 5.75 Å². The Morgan fingerprint density at radius 1 is 1.08 bits per heavy atom. The first-order valence-electron chi connectivity index (χ1n) is 7.41. The summed E-state index contributed by atoms with van der Waals surface area (Å²) >= 11 is 1.25. The van der Waals surface area contributed by atoms with Gasteiger partial charge in [0.25, 0.3) is 5.22 Å². The maximum atomic E-state index is 12.5. The summed E-state index contributed by atoms with van der Waals surface area (Å²) in [6.45, 7) is 1.82. The van der Waals surface area contributed by atoms with Crippen LogP contribution in [-0.4, -0.2) is 28.3 Å². The van der Waals surface area contributed by atoms with Gasteiger partial charge in [-0.3, -0.25) is 4.79 Å². The van der Waals surface area contributed by atoms with Crippen LogP contribution in [0.15, 0.2) is 64.2 Å². The third-order valence-electron chi connectivity index (χ3n) is 3.45. The molecule has 0 fully saturated rings. The molecule has 1 heterocycles. The zero-order valence-corrected chi connectivity index (χ0v) is 14.1. The molecule has 0 unspecified atom stereocenters. The Hall–Kier alpha value is -2.60. The number of benzene rings is 2. The van der Waals surface area contributed by atoms with Crippen molar-refractivity contribution in [1.82, 2.24) is 10.2 Å². The third-order valence-corrected chi connectivity index (χ3v) is 4.38. The molecule has 0 radical (unpaired) electrons. The Balaban J connectivity index is 1.69. The van der Waals surface area contributed by atoms with E-state index in [0.29, 0.717) is 16.7 Å². The van der Waals surface area contributed by atoms with Crippen LogP contribution < -0.4 is 4.74 Å². The molecular weight excluding hydrogens is 324 g/mol. The summed E-state index contributed by atoms with van der Waals surface area (Å²) in [7, 11) is 1.59. The number of carbonyl (C=O) groups excluding carboxylic acids is 1. The van der Waals surface area contributed by atoms with E-state index in [9.17, 15) is 4.79 Å². The van der Waals surface area contributed by atoms with Crippen molar-refractivity contribution in [3.8, 4) is 17.2 Å². The predicted molar refractivity (Wildman–Crippen MR) is 92.4 cm³/mol. The van der Waals surface area contributed by atoms with Crippen LogP contribution in [0.5, 0.6) is 5.75 Å². The zero-order valence-electron chi connectivity index (χ0n) is 13.3. The molecule has 6 heteroatoms. The Morgan fingerprint density at radius 3 is 2.46 bits per heavy atom. The molecule has 0 amide bonds. The Morgan fingerprint density at radius 2 is 1.79 bits per heavy atom. The first-order valence-corrected chi connectivity index (χ1v) is 8.29. The number of rotatable bonds is 6. The van der Waals surface area contributed by atoms with Gasteiger partial charge < -0.3 is 9.15 Å². The normalized spacial score (nSPS) is 11.9. The molecule has 0 spiro atoms. The number of thioether (sulfide) groups is 1. The lowest BCUT2D eigenvalue weighted by atomic mass is 10.1. The van der Waals surface area contributed by atoms with Gasteiger partial charge in [0.05, 0.1) is 12.4 Å². The number of nitrogens with zero attached hydrogens (tertiary/aromatic N) is 2. The van der Waals surface area contributed by atoms with Gasteiger partial charge in [0, 0.05) is 11.1 Å². The molecule has 1 aromatic heterocycles. The van der Waals surface area contributed by atoms with E-state index in [-0.39, 0.29) is 11.0 Å². The molecule has 122 valence electrons. The van der Waals surface area contributed by atoms with Crippen molar-refractivity contribution in [1.29, 1.82) is 0 Å². The molecule has 0 aliphatic carbocycles. The van der Waals surface area contributed by atoms with E-state index >= 15 is 0 Å². The zero-order chi connectivity index (χ0) is 16.9. The van der Waals surface area contributed by atoms with E-state index in [1.54, 1.807) is 31.4 Å². The smallest absolute Gasteiger partial charge is 0.277 e. The average Bonchev–Trinajstić information content (AvgIpc) is 3.10. The SMILES string of the molecule is COc1ccc(C(=O)[C@@H](C)Sc2nnc(-c3ccccc3)o2)cc1. The molecule has 24 heavy (non-hydrogen) atoms. The van der Waals surface area contributed by atoms with Gasteiger partial charge in [-0.25, -0.2) is 0 Å². The Labute approximate surface area is 144 Å². The van der Waals surface area contributed by atoms with Crippen LogP contribution in [0.2, 0.25) is 0 Å². The van der Waals surface area contributed by atoms with Crippen molar-refractivity contribution >= 4 is 17.5 Å². The Kier molecular flexibility index (Phi) is 4.96. The topological polar surface area (TPSA) is 65.2 Å². The number of ether oxygens (including phenoxy) is 1. The number of hydrogen-bond acceptors (Lipinski definition) is 6. The fourth-order valence-electron chi connectivity index (χ4n) is 2.15. The molecule has 3 rings (SSSR count). The van der Waals surface area contributed by atoms with Gasteiger partial charge in [-0.15, -0.1) is 10.2 Å². The second-order valence-electron chi connectivity index (χ2n) is 5.09. The summed E-state index contributed by atoms with van der Waals surface area (Å²) in [6, 6.07) is 16.6. The van der Waals surface area contributed by atoms with Gasteiger partial charge in [0.15, 0.2) is 5.78 Å². The average molecular weight is 340 g/mol. The number of methoxy groups -OCH3 is 1. The molecule has 0 N–H and O–H groups in total. The largest absolute Gasteiger partial charge is 0.497 e. The first-order chi connectivity index (χ1) is 11.7. The lowest BCUT2D eigenvalue weighted by Crippen LogP contribution is -2.13. The lowest BCUT2D eigenvalue weighted by Gasteiger charge is -2.08. The second-order valence-corrected chi connectivity index (χ2v) is 6.38. The highest BCUT2D eigenvalue weighted by Crippen LogP contribution is 2.28. The molecule has 0 saturated carbocycles. The standard InChI is InChI=1S/C18H16N2O3S/c1-12(16(21)13-8-10-15(22-2)11-9-13)24-18-20-19-17(23-18)14-6-4-3-5-7-14/h3-12H,1-2H3/t12-/m1/s1. The number of Topliss-reactive ketones (excluding diaryl/α,β-unsaturated/α-hetero) is 1. The van der Waals surface area contributed by atoms with Crippen molar-refractivity contribution in [2.24, 2.45) is 0 Å². The van der Waals surface area contributed by atoms with E-state index < -0.39 is 0 Å². The molecule has 5 nitrogen and oxygen atoms in total. The van der Waals surface area contributed by atoms with E-state index in [4.69, 9.17) is 9.15 Å². The van der Waals surface area contributed by atoms with Crippen molar-refractivity contribution in [3.63, 3.8) is 0 Å². The highest BCUT2D eigenvalue weighted by atomic mass is 32.2. The van der Waals surface area contributed by atoms with Crippen molar-refractivity contribution in [3.05, 3.63) is 60.2 Å². The van der Waals surface area contributed by atoms with E-state index in [0.717, 1.165) is 11.3 Å². The van der Waals surface area contributed by atoms with Crippen LogP contribution in [0.4, 0.5) is 0 Å². The maximum Gasteiger partial charge on any atom is 0.277 e. The first kappa shape index (κ1) is 16.3. The summed E-state index contributed by atoms with van der Waals surface area (Å²) in [5, 5.41) is 8.09.